The Bertz CT molecular complexity index is 654. The average Bonchev–Trinajstić information content (AvgIpc) is 2.72. The number of nitrogens with zero attached hydrogens (tertiary/aromatic N) is 1. The lowest BCUT2D eigenvalue weighted by Crippen LogP contribution is -2.35. The van der Waals surface area contributed by atoms with Crippen molar-refractivity contribution in [3.8, 4) is 5.69 Å². The monoisotopic (exact) mass is 296 g/mol. The van der Waals surface area contributed by atoms with Gasteiger partial charge in [-0.2, -0.15) is 0 Å². The van der Waals surface area contributed by atoms with Crippen molar-refractivity contribution in [2.75, 3.05) is 6.54 Å². The highest BCUT2D eigenvalue weighted by Crippen LogP contribution is 2.26. The second-order valence-corrected chi connectivity index (χ2v) is 6.24. The molecule has 1 aromatic heterocycles. The SMILES string of the molecule is Cc1cc(CCNC(=O)C2CCC2)c(C)n1-c1ccccc1. The van der Waals surface area contributed by atoms with Crippen molar-refractivity contribution < 1.29 is 4.79 Å². The smallest absolute Gasteiger partial charge is 0.223 e. The first-order valence-electron chi connectivity index (χ1n) is 8.18. The van der Waals surface area contributed by atoms with Crippen LogP contribution < -0.4 is 5.32 Å². The van der Waals surface area contributed by atoms with Crippen LogP contribution in [0.15, 0.2) is 36.4 Å². The van der Waals surface area contributed by atoms with Crippen molar-refractivity contribution in [1.29, 1.82) is 0 Å². The van der Waals surface area contributed by atoms with Gasteiger partial charge in [-0.15, -0.1) is 0 Å². The van der Waals surface area contributed by atoms with Crippen LogP contribution in [-0.2, 0) is 11.2 Å². The second-order valence-electron chi connectivity index (χ2n) is 6.24. The van der Waals surface area contributed by atoms with Crippen LogP contribution in [0.2, 0.25) is 0 Å². The summed E-state index contributed by atoms with van der Waals surface area (Å²) in [6.45, 7) is 5.02. The molecule has 0 bridgehead atoms. The van der Waals surface area contributed by atoms with E-state index in [0.29, 0.717) is 0 Å². The summed E-state index contributed by atoms with van der Waals surface area (Å²) in [6, 6.07) is 12.6. The number of nitrogens with one attached hydrogen (secondary N) is 1. The Morgan fingerprint density at radius 3 is 2.59 bits per heavy atom. The van der Waals surface area contributed by atoms with Crippen molar-refractivity contribution in [3.05, 3.63) is 53.3 Å². The summed E-state index contributed by atoms with van der Waals surface area (Å²) in [4.78, 5) is 11.9. The number of hydrogen-bond donors (Lipinski definition) is 1. The Kier molecular flexibility index (Phi) is 4.32. The van der Waals surface area contributed by atoms with E-state index in [9.17, 15) is 4.79 Å². The van der Waals surface area contributed by atoms with E-state index < -0.39 is 0 Å². The average molecular weight is 296 g/mol. The molecule has 116 valence electrons. The van der Waals surface area contributed by atoms with Gasteiger partial charge in [0.25, 0.3) is 0 Å². The van der Waals surface area contributed by atoms with Crippen molar-refractivity contribution in [3.63, 3.8) is 0 Å². The van der Waals surface area contributed by atoms with E-state index in [-0.39, 0.29) is 11.8 Å². The first kappa shape index (κ1) is 14.9. The molecule has 1 saturated carbocycles. The molecule has 3 nitrogen and oxygen atoms in total. The third-order valence-corrected chi connectivity index (χ3v) is 4.72. The Morgan fingerprint density at radius 2 is 1.95 bits per heavy atom. The Hall–Kier alpha value is -2.03. The molecule has 1 fully saturated rings. The second kappa shape index (κ2) is 6.39. The largest absolute Gasteiger partial charge is 0.356 e. The zero-order chi connectivity index (χ0) is 15.5. The summed E-state index contributed by atoms with van der Waals surface area (Å²) in [6.07, 6.45) is 4.23. The van der Waals surface area contributed by atoms with Crippen LogP contribution in [0.5, 0.6) is 0 Å². The Balaban J connectivity index is 1.66. The lowest BCUT2D eigenvalue weighted by atomic mass is 9.85. The molecule has 1 amide bonds. The van der Waals surface area contributed by atoms with Crippen LogP contribution in [0, 0.1) is 19.8 Å². The summed E-state index contributed by atoms with van der Waals surface area (Å²) in [5.74, 6) is 0.514. The van der Waals surface area contributed by atoms with Gasteiger partial charge in [0.15, 0.2) is 0 Å². The molecule has 1 heterocycles. The number of carbonyl (C=O) groups is 1. The highest BCUT2D eigenvalue weighted by Gasteiger charge is 2.24. The molecule has 0 unspecified atom stereocenters. The maximum atomic E-state index is 11.9. The van der Waals surface area contributed by atoms with Crippen molar-refractivity contribution in [2.45, 2.75) is 39.5 Å². The summed E-state index contributed by atoms with van der Waals surface area (Å²) < 4.78 is 2.28. The molecule has 0 saturated heterocycles. The van der Waals surface area contributed by atoms with Crippen LogP contribution in [0.25, 0.3) is 5.69 Å². The van der Waals surface area contributed by atoms with Crippen LogP contribution in [-0.4, -0.2) is 17.0 Å². The predicted molar refractivity (Wildman–Crippen MR) is 89.3 cm³/mol. The summed E-state index contributed by atoms with van der Waals surface area (Å²) >= 11 is 0. The minimum absolute atomic E-state index is 0.239. The number of amides is 1. The minimum Gasteiger partial charge on any atom is -0.356 e. The van der Waals surface area contributed by atoms with E-state index in [0.717, 1.165) is 25.8 Å². The van der Waals surface area contributed by atoms with Gasteiger partial charge >= 0.3 is 0 Å². The number of aromatic nitrogens is 1. The number of carbonyl (C=O) groups excluding carboxylic acids is 1. The van der Waals surface area contributed by atoms with E-state index in [1.54, 1.807) is 0 Å². The fourth-order valence-corrected chi connectivity index (χ4v) is 3.19. The molecule has 0 aliphatic heterocycles. The van der Waals surface area contributed by atoms with Crippen LogP contribution in [0.3, 0.4) is 0 Å². The molecule has 22 heavy (non-hydrogen) atoms. The molecule has 3 heteroatoms. The molecule has 1 aliphatic rings. The zero-order valence-corrected chi connectivity index (χ0v) is 13.4. The molecule has 0 radical (unpaired) electrons. The highest BCUT2D eigenvalue weighted by atomic mass is 16.1. The first-order chi connectivity index (χ1) is 10.7. The fourth-order valence-electron chi connectivity index (χ4n) is 3.19. The van der Waals surface area contributed by atoms with Crippen molar-refractivity contribution in [2.24, 2.45) is 5.92 Å². The molecule has 3 rings (SSSR count). The number of rotatable bonds is 5. The maximum Gasteiger partial charge on any atom is 0.223 e. The van der Waals surface area contributed by atoms with Crippen LogP contribution in [0.4, 0.5) is 0 Å². The summed E-state index contributed by atoms with van der Waals surface area (Å²) in [5.41, 5.74) is 5.02. The third-order valence-electron chi connectivity index (χ3n) is 4.72. The van der Waals surface area contributed by atoms with E-state index in [1.807, 2.05) is 6.07 Å². The van der Waals surface area contributed by atoms with Gasteiger partial charge in [-0.25, -0.2) is 0 Å². The molecule has 0 atom stereocenters. The lowest BCUT2D eigenvalue weighted by molar-refractivity contribution is -0.127. The van der Waals surface area contributed by atoms with E-state index >= 15 is 0 Å². The molecule has 1 aliphatic carbocycles. The molecule has 0 spiro atoms. The van der Waals surface area contributed by atoms with Gasteiger partial charge in [0, 0.05) is 29.5 Å². The quantitative estimate of drug-likeness (QED) is 0.899. The van der Waals surface area contributed by atoms with E-state index in [1.165, 1.54) is 29.1 Å². The lowest BCUT2D eigenvalue weighted by Gasteiger charge is -2.24. The van der Waals surface area contributed by atoms with Gasteiger partial charge < -0.3 is 9.88 Å². The van der Waals surface area contributed by atoms with E-state index in [2.05, 4.69) is 54.1 Å². The summed E-state index contributed by atoms with van der Waals surface area (Å²) in [7, 11) is 0. The van der Waals surface area contributed by atoms with Crippen LogP contribution >= 0.6 is 0 Å². The number of para-hydroxylation sites is 1. The normalized spacial score (nSPS) is 14.6. The number of hydrogen-bond acceptors (Lipinski definition) is 1. The highest BCUT2D eigenvalue weighted by molar-refractivity contribution is 5.79. The standard InChI is InChI=1S/C19H24N2O/c1-14-13-17(11-12-20-19(22)16-7-6-8-16)15(2)21(14)18-9-4-3-5-10-18/h3-5,9-10,13,16H,6-8,11-12H2,1-2H3,(H,20,22). The zero-order valence-electron chi connectivity index (χ0n) is 13.4. The first-order valence-corrected chi connectivity index (χ1v) is 8.18. The van der Waals surface area contributed by atoms with Crippen molar-refractivity contribution in [1.82, 2.24) is 9.88 Å². The van der Waals surface area contributed by atoms with Gasteiger partial charge in [-0.1, -0.05) is 24.6 Å². The van der Waals surface area contributed by atoms with Crippen molar-refractivity contribution >= 4 is 5.91 Å². The molecular weight excluding hydrogens is 272 g/mol. The van der Waals surface area contributed by atoms with Gasteiger partial charge in [-0.05, 0) is 56.9 Å². The van der Waals surface area contributed by atoms with E-state index in [4.69, 9.17) is 0 Å². The van der Waals surface area contributed by atoms with Gasteiger partial charge in [0.1, 0.15) is 0 Å². The third kappa shape index (κ3) is 2.94. The fraction of sp³-hybridized carbons (Fsp3) is 0.421. The maximum absolute atomic E-state index is 11.9. The molecule has 2 aromatic rings. The Labute approximate surface area is 132 Å². The molecule has 1 N–H and O–H groups in total. The van der Waals surface area contributed by atoms with Crippen LogP contribution in [0.1, 0.15) is 36.2 Å². The van der Waals surface area contributed by atoms with Gasteiger partial charge in [-0.3, -0.25) is 4.79 Å². The summed E-state index contributed by atoms with van der Waals surface area (Å²) in [5, 5.41) is 3.08. The number of aryl methyl sites for hydroxylation is 1. The molecule has 1 aromatic carbocycles. The topological polar surface area (TPSA) is 34.0 Å². The predicted octanol–water partition coefficient (Wildman–Crippen LogP) is 3.55. The minimum atomic E-state index is 0.239. The molecular formula is C19H24N2O. The number of benzene rings is 1. The van der Waals surface area contributed by atoms with Gasteiger partial charge in [0.2, 0.25) is 5.91 Å². The Morgan fingerprint density at radius 1 is 1.23 bits per heavy atom. The van der Waals surface area contributed by atoms with Gasteiger partial charge in [0.05, 0.1) is 0 Å².